The van der Waals surface area contributed by atoms with Crippen LogP contribution in [0.1, 0.15) is 40.0 Å². The summed E-state index contributed by atoms with van der Waals surface area (Å²) in [5.74, 6) is 1.20. The highest BCUT2D eigenvalue weighted by atomic mass is 79.9. The molecule has 19 heavy (non-hydrogen) atoms. The van der Waals surface area contributed by atoms with Crippen LogP contribution in [0.2, 0.25) is 0 Å². The molecule has 2 rings (SSSR count). The van der Waals surface area contributed by atoms with Gasteiger partial charge in [0.2, 0.25) is 0 Å². The van der Waals surface area contributed by atoms with E-state index in [1.54, 1.807) is 10.9 Å². The second-order valence-corrected chi connectivity index (χ2v) is 6.41. The van der Waals surface area contributed by atoms with E-state index in [0.717, 1.165) is 18.7 Å². The van der Waals surface area contributed by atoms with Gasteiger partial charge < -0.3 is 5.32 Å². The molecule has 1 fully saturated rings. The highest BCUT2D eigenvalue weighted by Crippen LogP contribution is 2.30. The van der Waals surface area contributed by atoms with Crippen molar-refractivity contribution in [2.45, 2.75) is 52.6 Å². The highest BCUT2D eigenvalue weighted by molar-refractivity contribution is 9.10. The Bertz CT molecular complexity index is 496. The van der Waals surface area contributed by atoms with Crippen LogP contribution in [0.25, 0.3) is 0 Å². The first kappa shape index (κ1) is 14.6. The normalized spacial score (nSPS) is 18.1. The van der Waals surface area contributed by atoms with E-state index in [1.807, 2.05) is 0 Å². The number of rotatable bonds is 6. The van der Waals surface area contributed by atoms with Crippen LogP contribution in [-0.2, 0) is 6.54 Å². The van der Waals surface area contributed by atoms with Crippen molar-refractivity contribution in [3.05, 3.63) is 21.0 Å². The minimum atomic E-state index is -0.0340. The van der Waals surface area contributed by atoms with Gasteiger partial charge in [-0.15, -0.1) is 0 Å². The van der Waals surface area contributed by atoms with Crippen molar-refractivity contribution >= 4 is 21.6 Å². The van der Waals surface area contributed by atoms with Gasteiger partial charge in [-0.05, 0) is 47.5 Å². The number of nitrogens with one attached hydrogen (secondary N) is 1. The lowest BCUT2D eigenvalue weighted by molar-refractivity contribution is 0.492. The van der Waals surface area contributed by atoms with Crippen LogP contribution in [0, 0.1) is 11.8 Å². The van der Waals surface area contributed by atoms with Crippen LogP contribution in [0.4, 0.5) is 5.69 Å². The average molecular weight is 328 g/mol. The molecule has 1 heterocycles. The molecule has 0 spiro atoms. The first-order valence-electron chi connectivity index (χ1n) is 7.05. The summed E-state index contributed by atoms with van der Waals surface area (Å²) in [4.78, 5) is 12.2. The zero-order valence-corrected chi connectivity index (χ0v) is 13.4. The first-order chi connectivity index (χ1) is 9.02. The van der Waals surface area contributed by atoms with Gasteiger partial charge in [-0.2, -0.15) is 5.10 Å². The molecule has 2 atom stereocenters. The predicted octanol–water partition coefficient (Wildman–Crippen LogP) is 3.26. The van der Waals surface area contributed by atoms with Crippen LogP contribution in [0.5, 0.6) is 0 Å². The molecule has 0 bridgehead atoms. The maximum absolute atomic E-state index is 12.2. The molecule has 106 valence electrons. The monoisotopic (exact) mass is 327 g/mol. The van der Waals surface area contributed by atoms with E-state index in [1.165, 1.54) is 12.8 Å². The lowest BCUT2D eigenvalue weighted by atomic mass is 10.0. The summed E-state index contributed by atoms with van der Waals surface area (Å²) >= 11 is 3.41. The standard InChI is InChI=1S/C14H22BrN3O/c1-4-9(2)10(3)17-12-7-16-18(8-11-5-6-11)14(19)13(12)15/h7,9-11,17H,4-6,8H2,1-3H3. The molecule has 0 radical (unpaired) electrons. The molecule has 0 saturated heterocycles. The van der Waals surface area contributed by atoms with Crippen molar-refractivity contribution in [3.63, 3.8) is 0 Å². The average Bonchev–Trinajstić information content (AvgIpc) is 3.21. The Morgan fingerprint density at radius 2 is 2.21 bits per heavy atom. The molecule has 4 nitrogen and oxygen atoms in total. The largest absolute Gasteiger partial charge is 0.380 e. The van der Waals surface area contributed by atoms with E-state index >= 15 is 0 Å². The molecule has 0 aromatic carbocycles. The van der Waals surface area contributed by atoms with Gasteiger partial charge >= 0.3 is 0 Å². The minimum absolute atomic E-state index is 0.0340. The van der Waals surface area contributed by atoms with Gasteiger partial charge in [0.15, 0.2) is 0 Å². The number of halogens is 1. The number of hydrogen-bond donors (Lipinski definition) is 1. The summed E-state index contributed by atoms with van der Waals surface area (Å²) in [7, 11) is 0. The highest BCUT2D eigenvalue weighted by Gasteiger charge is 2.23. The van der Waals surface area contributed by atoms with E-state index in [-0.39, 0.29) is 5.56 Å². The predicted molar refractivity (Wildman–Crippen MR) is 81.5 cm³/mol. The van der Waals surface area contributed by atoms with Crippen LogP contribution in [0.15, 0.2) is 15.5 Å². The molecule has 5 heteroatoms. The second kappa shape index (κ2) is 6.07. The summed E-state index contributed by atoms with van der Waals surface area (Å²) in [5.41, 5.74) is 0.762. The lowest BCUT2D eigenvalue weighted by Gasteiger charge is -2.21. The van der Waals surface area contributed by atoms with Crippen LogP contribution in [-0.4, -0.2) is 15.8 Å². The van der Waals surface area contributed by atoms with Crippen molar-refractivity contribution in [2.24, 2.45) is 11.8 Å². The summed E-state index contributed by atoms with van der Waals surface area (Å²) in [6.07, 6.45) is 5.30. The summed E-state index contributed by atoms with van der Waals surface area (Å²) in [5, 5.41) is 7.64. The van der Waals surface area contributed by atoms with Crippen LogP contribution in [0.3, 0.4) is 0 Å². The molecule has 1 aliphatic rings. The zero-order chi connectivity index (χ0) is 14.0. The van der Waals surface area contributed by atoms with Gasteiger partial charge in [0.05, 0.1) is 11.9 Å². The molecule has 1 aromatic rings. The Kier molecular flexibility index (Phi) is 4.66. The lowest BCUT2D eigenvalue weighted by Crippen LogP contribution is -2.28. The molecular formula is C14H22BrN3O. The number of nitrogens with zero attached hydrogens (tertiary/aromatic N) is 2. The first-order valence-corrected chi connectivity index (χ1v) is 7.84. The zero-order valence-electron chi connectivity index (χ0n) is 11.8. The Morgan fingerprint density at radius 3 is 2.79 bits per heavy atom. The van der Waals surface area contributed by atoms with E-state index in [2.05, 4.69) is 47.1 Å². The van der Waals surface area contributed by atoms with E-state index in [0.29, 0.717) is 22.4 Å². The molecule has 0 aliphatic heterocycles. The maximum Gasteiger partial charge on any atom is 0.283 e. The third-order valence-electron chi connectivity index (χ3n) is 3.99. The molecule has 2 unspecified atom stereocenters. The Labute approximate surface area is 122 Å². The van der Waals surface area contributed by atoms with Gasteiger partial charge in [-0.25, -0.2) is 4.68 Å². The van der Waals surface area contributed by atoms with Crippen molar-refractivity contribution < 1.29 is 0 Å². The molecule has 1 aliphatic carbocycles. The van der Waals surface area contributed by atoms with Crippen molar-refractivity contribution in [2.75, 3.05) is 5.32 Å². The quantitative estimate of drug-likeness (QED) is 0.872. The third-order valence-corrected chi connectivity index (χ3v) is 4.76. The summed E-state index contributed by atoms with van der Waals surface area (Å²) in [6, 6.07) is 0.321. The van der Waals surface area contributed by atoms with E-state index < -0.39 is 0 Å². The van der Waals surface area contributed by atoms with Gasteiger partial charge in [0.25, 0.3) is 5.56 Å². The molecule has 0 amide bonds. The van der Waals surface area contributed by atoms with Gasteiger partial charge in [0, 0.05) is 12.6 Å². The van der Waals surface area contributed by atoms with Gasteiger partial charge in [-0.3, -0.25) is 4.79 Å². The Morgan fingerprint density at radius 1 is 1.53 bits per heavy atom. The number of aromatic nitrogens is 2. The maximum atomic E-state index is 12.2. The minimum Gasteiger partial charge on any atom is -0.380 e. The number of anilines is 1. The molecule has 1 aromatic heterocycles. The molecule has 1 saturated carbocycles. The van der Waals surface area contributed by atoms with Crippen LogP contribution >= 0.6 is 15.9 Å². The van der Waals surface area contributed by atoms with E-state index in [9.17, 15) is 4.79 Å². The van der Waals surface area contributed by atoms with Gasteiger partial charge in [-0.1, -0.05) is 20.3 Å². The SMILES string of the molecule is CCC(C)C(C)Nc1cnn(CC2CC2)c(=O)c1Br. The van der Waals surface area contributed by atoms with Crippen LogP contribution < -0.4 is 10.9 Å². The Balaban J connectivity index is 2.13. The van der Waals surface area contributed by atoms with E-state index in [4.69, 9.17) is 0 Å². The van der Waals surface area contributed by atoms with Crippen molar-refractivity contribution in [1.82, 2.24) is 9.78 Å². The Hall–Kier alpha value is -0.840. The fourth-order valence-electron chi connectivity index (χ4n) is 1.98. The fraction of sp³-hybridized carbons (Fsp3) is 0.714. The molecular weight excluding hydrogens is 306 g/mol. The van der Waals surface area contributed by atoms with Gasteiger partial charge in [0.1, 0.15) is 4.47 Å². The molecule has 1 N–H and O–H groups in total. The summed E-state index contributed by atoms with van der Waals surface area (Å²) < 4.78 is 2.17. The smallest absolute Gasteiger partial charge is 0.283 e. The van der Waals surface area contributed by atoms with Crippen molar-refractivity contribution in [1.29, 1.82) is 0 Å². The topological polar surface area (TPSA) is 46.9 Å². The fourth-order valence-corrected chi connectivity index (χ4v) is 2.40. The van der Waals surface area contributed by atoms with Crippen molar-refractivity contribution in [3.8, 4) is 0 Å². The second-order valence-electron chi connectivity index (χ2n) is 5.62. The number of hydrogen-bond acceptors (Lipinski definition) is 3. The third kappa shape index (κ3) is 3.59. The summed E-state index contributed by atoms with van der Waals surface area (Å²) in [6.45, 7) is 7.26.